The zero-order valence-corrected chi connectivity index (χ0v) is 14.1. The lowest BCUT2D eigenvalue weighted by Crippen LogP contribution is -2.11. The highest BCUT2D eigenvalue weighted by Crippen LogP contribution is 2.39. The highest BCUT2D eigenvalue weighted by molar-refractivity contribution is 7.07. The number of aromatic amines is 1. The van der Waals surface area contributed by atoms with Crippen LogP contribution < -0.4 is 0 Å². The highest BCUT2D eigenvalue weighted by Gasteiger charge is 2.25. The first-order chi connectivity index (χ1) is 11.8. The maximum Gasteiger partial charge on any atom is 0.155 e. The van der Waals surface area contributed by atoms with Crippen LogP contribution in [-0.2, 0) is 13.0 Å². The zero-order valence-electron chi connectivity index (χ0n) is 13.3. The Labute approximate surface area is 142 Å². The van der Waals surface area contributed by atoms with Gasteiger partial charge >= 0.3 is 0 Å². The summed E-state index contributed by atoms with van der Waals surface area (Å²) in [7, 11) is 0. The Kier molecular flexibility index (Phi) is 3.02. The van der Waals surface area contributed by atoms with Crippen LogP contribution in [0.5, 0.6) is 0 Å². The molecule has 0 unspecified atom stereocenters. The van der Waals surface area contributed by atoms with Gasteiger partial charge in [0.05, 0.1) is 11.7 Å². The van der Waals surface area contributed by atoms with Crippen LogP contribution in [0.1, 0.15) is 24.2 Å². The van der Waals surface area contributed by atoms with Crippen molar-refractivity contribution in [2.45, 2.75) is 32.7 Å². The number of aryl methyl sites for hydroxylation is 2. The summed E-state index contributed by atoms with van der Waals surface area (Å²) in [5, 5.41) is 15.2. The average molecular weight is 336 g/mol. The molecule has 0 saturated carbocycles. The summed E-state index contributed by atoms with van der Waals surface area (Å²) in [4.78, 5) is 9.06. The van der Waals surface area contributed by atoms with Gasteiger partial charge in [-0.1, -0.05) is 0 Å². The standard InChI is InChI=1S/C17H16N6S/c1-10-6-11(12-7-19-21-17(12)20-10)15-14-4-2-3-5-23(14)22-16(15)13-8-24-9-18-13/h6-9H,2-5H2,1H3,(H,19,20,21). The Hall–Kier alpha value is -2.54. The van der Waals surface area contributed by atoms with Crippen LogP contribution >= 0.6 is 11.3 Å². The molecule has 7 heteroatoms. The molecule has 0 amide bonds. The van der Waals surface area contributed by atoms with Gasteiger partial charge < -0.3 is 0 Å². The Bertz CT molecular complexity index is 1030. The second-order valence-corrected chi connectivity index (χ2v) is 6.89. The fraction of sp³-hybridized carbons (Fsp3) is 0.294. The first-order valence-corrected chi connectivity index (χ1v) is 9.05. The first-order valence-electron chi connectivity index (χ1n) is 8.10. The topological polar surface area (TPSA) is 72.3 Å². The first kappa shape index (κ1) is 13.9. The number of fused-ring (bicyclic) bond motifs is 2. The number of thiazole rings is 1. The molecule has 0 atom stereocenters. The molecule has 4 aromatic heterocycles. The van der Waals surface area contributed by atoms with Gasteiger partial charge in [0.15, 0.2) is 5.65 Å². The third-order valence-electron chi connectivity index (χ3n) is 4.59. The normalized spacial score (nSPS) is 14.2. The number of H-pyrrole nitrogens is 1. The minimum atomic E-state index is 0.824. The van der Waals surface area contributed by atoms with Crippen molar-refractivity contribution in [3.8, 4) is 22.5 Å². The van der Waals surface area contributed by atoms with Crippen molar-refractivity contribution < 1.29 is 0 Å². The summed E-state index contributed by atoms with van der Waals surface area (Å²) in [5.74, 6) is 0. The van der Waals surface area contributed by atoms with E-state index in [1.54, 1.807) is 11.3 Å². The van der Waals surface area contributed by atoms with E-state index < -0.39 is 0 Å². The third-order valence-corrected chi connectivity index (χ3v) is 5.17. The van der Waals surface area contributed by atoms with E-state index in [0.29, 0.717) is 0 Å². The molecule has 0 fully saturated rings. The van der Waals surface area contributed by atoms with Crippen molar-refractivity contribution in [1.29, 1.82) is 0 Å². The minimum absolute atomic E-state index is 0.824. The van der Waals surface area contributed by atoms with E-state index in [-0.39, 0.29) is 0 Å². The molecule has 0 aliphatic carbocycles. The number of pyridine rings is 1. The molecule has 120 valence electrons. The third kappa shape index (κ3) is 2.01. The fourth-order valence-corrected chi connectivity index (χ4v) is 4.08. The molecular weight excluding hydrogens is 320 g/mol. The molecule has 0 bridgehead atoms. The van der Waals surface area contributed by atoms with Crippen molar-refractivity contribution in [2.24, 2.45) is 0 Å². The number of rotatable bonds is 2. The Morgan fingerprint density at radius 3 is 3.12 bits per heavy atom. The van der Waals surface area contributed by atoms with E-state index in [9.17, 15) is 0 Å². The van der Waals surface area contributed by atoms with Gasteiger partial charge in [0.2, 0.25) is 0 Å². The van der Waals surface area contributed by atoms with E-state index in [1.165, 1.54) is 24.1 Å². The van der Waals surface area contributed by atoms with Gasteiger partial charge in [0, 0.05) is 39.8 Å². The van der Waals surface area contributed by atoms with Crippen molar-refractivity contribution in [2.75, 3.05) is 0 Å². The summed E-state index contributed by atoms with van der Waals surface area (Å²) < 4.78 is 2.16. The molecule has 5 rings (SSSR count). The van der Waals surface area contributed by atoms with E-state index >= 15 is 0 Å². The van der Waals surface area contributed by atoms with Gasteiger partial charge in [-0.25, -0.2) is 9.97 Å². The lowest BCUT2D eigenvalue weighted by Gasteiger charge is -2.15. The molecular formula is C17H16N6S. The van der Waals surface area contributed by atoms with Crippen LogP contribution in [0.4, 0.5) is 0 Å². The van der Waals surface area contributed by atoms with Gasteiger partial charge in [-0.05, 0) is 32.3 Å². The molecule has 0 radical (unpaired) electrons. The predicted octanol–water partition coefficient (Wildman–Crippen LogP) is 3.59. The number of hydrogen-bond acceptors (Lipinski definition) is 5. The number of aromatic nitrogens is 6. The van der Waals surface area contributed by atoms with E-state index in [2.05, 4.69) is 36.3 Å². The van der Waals surface area contributed by atoms with Gasteiger partial charge in [0.25, 0.3) is 0 Å². The Balaban J connectivity index is 1.86. The molecule has 0 aromatic carbocycles. The quantitative estimate of drug-likeness (QED) is 0.607. The van der Waals surface area contributed by atoms with Crippen molar-refractivity contribution >= 4 is 22.4 Å². The molecule has 1 aliphatic heterocycles. The average Bonchev–Trinajstić information content (AvgIpc) is 3.32. The summed E-state index contributed by atoms with van der Waals surface area (Å²) >= 11 is 1.60. The van der Waals surface area contributed by atoms with Crippen LogP contribution in [0.2, 0.25) is 0 Å². The summed E-state index contributed by atoms with van der Waals surface area (Å²) in [6.07, 6.45) is 5.29. The summed E-state index contributed by atoms with van der Waals surface area (Å²) in [6.45, 7) is 2.99. The summed E-state index contributed by atoms with van der Waals surface area (Å²) in [5.41, 5.74) is 9.23. The van der Waals surface area contributed by atoms with Crippen molar-refractivity contribution in [3.05, 3.63) is 34.5 Å². The molecule has 0 spiro atoms. The van der Waals surface area contributed by atoms with Crippen LogP contribution in [0.3, 0.4) is 0 Å². The van der Waals surface area contributed by atoms with Gasteiger partial charge in [-0.2, -0.15) is 10.2 Å². The second kappa shape index (κ2) is 5.24. The van der Waals surface area contributed by atoms with Gasteiger partial charge in [-0.3, -0.25) is 9.78 Å². The van der Waals surface area contributed by atoms with Crippen LogP contribution in [0.25, 0.3) is 33.5 Å². The minimum Gasteiger partial charge on any atom is -0.268 e. The molecule has 6 nitrogen and oxygen atoms in total. The Morgan fingerprint density at radius 2 is 2.25 bits per heavy atom. The highest BCUT2D eigenvalue weighted by atomic mass is 32.1. The van der Waals surface area contributed by atoms with Crippen molar-refractivity contribution in [1.82, 2.24) is 29.9 Å². The molecule has 5 heterocycles. The smallest absolute Gasteiger partial charge is 0.155 e. The van der Waals surface area contributed by atoms with Gasteiger partial charge in [-0.15, -0.1) is 11.3 Å². The predicted molar refractivity (Wildman–Crippen MR) is 93.9 cm³/mol. The lowest BCUT2D eigenvalue weighted by molar-refractivity contribution is 0.487. The van der Waals surface area contributed by atoms with Crippen molar-refractivity contribution in [3.63, 3.8) is 0 Å². The maximum absolute atomic E-state index is 4.90. The molecule has 24 heavy (non-hydrogen) atoms. The SMILES string of the molecule is Cc1cc(-c2c(-c3cscn3)nn3c2CCCC3)c2cn[nH]c2n1. The maximum atomic E-state index is 4.90. The van der Waals surface area contributed by atoms with E-state index in [0.717, 1.165) is 46.6 Å². The van der Waals surface area contributed by atoms with Crippen LogP contribution in [0, 0.1) is 6.92 Å². The fourth-order valence-electron chi connectivity index (χ4n) is 3.55. The molecule has 4 aromatic rings. The lowest BCUT2D eigenvalue weighted by atomic mass is 9.96. The number of nitrogens with zero attached hydrogens (tertiary/aromatic N) is 5. The largest absolute Gasteiger partial charge is 0.268 e. The number of hydrogen-bond donors (Lipinski definition) is 1. The molecule has 1 N–H and O–H groups in total. The van der Waals surface area contributed by atoms with E-state index in [4.69, 9.17) is 5.10 Å². The second-order valence-electron chi connectivity index (χ2n) is 6.17. The number of nitrogens with one attached hydrogen (secondary N) is 1. The van der Waals surface area contributed by atoms with Gasteiger partial charge in [0.1, 0.15) is 11.4 Å². The zero-order chi connectivity index (χ0) is 16.1. The monoisotopic (exact) mass is 336 g/mol. The molecule has 1 aliphatic rings. The van der Waals surface area contributed by atoms with Crippen LogP contribution in [0.15, 0.2) is 23.2 Å². The Morgan fingerprint density at radius 1 is 1.29 bits per heavy atom. The van der Waals surface area contributed by atoms with Crippen LogP contribution in [-0.4, -0.2) is 29.9 Å². The molecule has 0 saturated heterocycles. The summed E-state index contributed by atoms with van der Waals surface area (Å²) in [6, 6.07) is 2.14. The van der Waals surface area contributed by atoms with E-state index in [1.807, 2.05) is 18.6 Å².